The molecule has 0 aliphatic heterocycles. The fraction of sp³-hybridized carbons (Fsp3) is 0.625. The molecule has 20 heavy (non-hydrogen) atoms. The molecule has 0 aromatic heterocycles. The molecule has 0 saturated carbocycles. The molecule has 0 amide bonds. The largest absolute Gasteiger partial charge is 0.507 e. The number of ether oxygens (including phenoxy) is 1. The summed E-state index contributed by atoms with van der Waals surface area (Å²) < 4.78 is 5.14. The Hall–Kier alpha value is -1.26. The van der Waals surface area contributed by atoms with E-state index in [0.717, 1.165) is 31.6 Å². The van der Waals surface area contributed by atoms with Gasteiger partial charge in [-0.15, -0.1) is 0 Å². The van der Waals surface area contributed by atoms with Gasteiger partial charge in [-0.2, -0.15) is 0 Å². The van der Waals surface area contributed by atoms with Crippen molar-refractivity contribution in [3.05, 3.63) is 23.8 Å². The summed E-state index contributed by atoms with van der Waals surface area (Å²) in [5.41, 5.74) is 0.956. The van der Waals surface area contributed by atoms with Gasteiger partial charge >= 0.3 is 0 Å². The number of aromatic hydroxyl groups is 1. The highest BCUT2D eigenvalue weighted by Crippen LogP contribution is 2.31. The Balaban J connectivity index is 2.84. The van der Waals surface area contributed by atoms with Gasteiger partial charge in [-0.3, -0.25) is 4.90 Å². The predicted octanol–water partition coefficient (Wildman–Crippen LogP) is 2.74. The fourth-order valence-electron chi connectivity index (χ4n) is 2.32. The molecule has 0 aliphatic rings. The van der Waals surface area contributed by atoms with Crippen molar-refractivity contribution in [1.29, 1.82) is 0 Å². The maximum atomic E-state index is 10.2. The van der Waals surface area contributed by atoms with Gasteiger partial charge in [0.05, 0.1) is 7.11 Å². The highest BCUT2D eigenvalue weighted by atomic mass is 16.5. The van der Waals surface area contributed by atoms with Crippen LogP contribution in [0.25, 0.3) is 0 Å². The van der Waals surface area contributed by atoms with Crippen LogP contribution in [-0.4, -0.2) is 55.7 Å². The van der Waals surface area contributed by atoms with Gasteiger partial charge < -0.3 is 14.7 Å². The van der Waals surface area contributed by atoms with Crippen molar-refractivity contribution in [1.82, 2.24) is 9.80 Å². The van der Waals surface area contributed by atoms with E-state index in [0.29, 0.717) is 11.5 Å². The molecule has 1 unspecified atom stereocenters. The Kier molecular flexibility index (Phi) is 6.82. The number of phenols is 1. The molecule has 114 valence electrons. The number of benzene rings is 1. The molecule has 0 aliphatic carbocycles. The molecule has 4 nitrogen and oxygen atoms in total. The lowest BCUT2D eigenvalue weighted by Gasteiger charge is -2.30. The van der Waals surface area contributed by atoms with Gasteiger partial charge in [-0.25, -0.2) is 0 Å². The van der Waals surface area contributed by atoms with Crippen molar-refractivity contribution in [2.24, 2.45) is 0 Å². The lowest BCUT2D eigenvalue weighted by atomic mass is 10.0. The number of nitrogens with zero attached hydrogens (tertiary/aromatic N) is 2. The summed E-state index contributed by atoms with van der Waals surface area (Å²) in [6.45, 7) is 7.37. The molecule has 0 spiro atoms. The van der Waals surface area contributed by atoms with Crippen LogP contribution in [0.4, 0.5) is 0 Å². The smallest absolute Gasteiger partial charge is 0.124 e. The number of likely N-dealkylation sites (N-methyl/N-ethyl adjacent to an activating group) is 1. The van der Waals surface area contributed by atoms with Gasteiger partial charge in [-0.05, 0) is 40.1 Å². The minimum Gasteiger partial charge on any atom is -0.507 e. The summed E-state index contributed by atoms with van der Waals surface area (Å²) in [5.74, 6) is 0.997. The van der Waals surface area contributed by atoms with Crippen LogP contribution in [0.5, 0.6) is 11.5 Å². The van der Waals surface area contributed by atoms with Crippen molar-refractivity contribution < 1.29 is 9.84 Å². The van der Waals surface area contributed by atoms with Gasteiger partial charge in [-0.1, -0.05) is 13.0 Å². The maximum Gasteiger partial charge on any atom is 0.124 e. The quantitative estimate of drug-likeness (QED) is 0.794. The monoisotopic (exact) mass is 280 g/mol. The number of hydrogen-bond donors (Lipinski definition) is 1. The van der Waals surface area contributed by atoms with E-state index < -0.39 is 0 Å². The third kappa shape index (κ3) is 4.69. The molecular formula is C16H28N2O2. The number of phenolic OH excluding ortho intramolecular Hbond substituents is 1. The molecule has 0 radical (unpaired) electrons. The fourth-order valence-corrected chi connectivity index (χ4v) is 2.32. The zero-order valence-electron chi connectivity index (χ0n) is 13.4. The van der Waals surface area contributed by atoms with E-state index in [2.05, 4.69) is 37.7 Å². The van der Waals surface area contributed by atoms with E-state index in [1.165, 1.54) is 0 Å². The summed E-state index contributed by atoms with van der Waals surface area (Å²) in [6, 6.07) is 5.74. The van der Waals surface area contributed by atoms with E-state index in [-0.39, 0.29) is 6.04 Å². The topological polar surface area (TPSA) is 35.9 Å². The summed E-state index contributed by atoms with van der Waals surface area (Å²) >= 11 is 0. The molecule has 0 bridgehead atoms. The summed E-state index contributed by atoms with van der Waals surface area (Å²) in [5, 5.41) is 10.2. The molecule has 1 aromatic rings. The highest BCUT2D eigenvalue weighted by molar-refractivity contribution is 5.41. The van der Waals surface area contributed by atoms with Gasteiger partial charge in [0.25, 0.3) is 0 Å². The molecule has 0 fully saturated rings. The lowest BCUT2D eigenvalue weighted by Crippen LogP contribution is -2.34. The average molecular weight is 280 g/mol. The molecule has 1 rings (SSSR count). The Labute approximate surface area is 123 Å². The van der Waals surface area contributed by atoms with Crippen LogP contribution in [0.2, 0.25) is 0 Å². The molecular weight excluding hydrogens is 252 g/mol. The second-order valence-electron chi connectivity index (χ2n) is 5.44. The van der Waals surface area contributed by atoms with E-state index >= 15 is 0 Å². The van der Waals surface area contributed by atoms with E-state index in [1.807, 2.05) is 12.1 Å². The van der Waals surface area contributed by atoms with Crippen LogP contribution in [0.3, 0.4) is 0 Å². The molecule has 1 aromatic carbocycles. The average Bonchev–Trinajstić information content (AvgIpc) is 2.42. The van der Waals surface area contributed by atoms with Crippen LogP contribution >= 0.6 is 0 Å². The first-order chi connectivity index (χ1) is 9.49. The lowest BCUT2D eigenvalue weighted by molar-refractivity contribution is 0.187. The zero-order valence-corrected chi connectivity index (χ0v) is 13.4. The van der Waals surface area contributed by atoms with Crippen molar-refractivity contribution >= 4 is 0 Å². The van der Waals surface area contributed by atoms with Crippen molar-refractivity contribution in [3.63, 3.8) is 0 Å². The Morgan fingerprint density at radius 3 is 2.40 bits per heavy atom. The Bertz CT molecular complexity index is 407. The Morgan fingerprint density at radius 2 is 1.90 bits per heavy atom. The van der Waals surface area contributed by atoms with Crippen LogP contribution in [0.1, 0.15) is 31.9 Å². The number of rotatable bonds is 8. The van der Waals surface area contributed by atoms with Crippen molar-refractivity contribution in [3.8, 4) is 11.5 Å². The number of hydrogen-bond acceptors (Lipinski definition) is 4. The van der Waals surface area contributed by atoms with Crippen molar-refractivity contribution in [2.75, 3.05) is 40.8 Å². The van der Waals surface area contributed by atoms with E-state index in [4.69, 9.17) is 4.74 Å². The third-order valence-corrected chi connectivity index (χ3v) is 3.58. The summed E-state index contributed by atoms with van der Waals surface area (Å²) in [4.78, 5) is 4.59. The summed E-state index contributed by atoms with van der Waals surface area (Å²) in [6.07, 6.45) is 1.11. The van der Waals surface area contributed by atoms with Gasteiger partial charge in [0.1, 0.15) is 11.5 Å². The highest BCUT2D eigenvalue weighted by Gasteiger charge is 2.18. The third-order valence-electron chi connectivity index (χ3n) is 3.58. The maximum absolute atomic E-state index is 10.2. The first-order valence-corrected chi connectivity index (χ1v) is 7.25. The first kappa shape index (κ1) is 16.8. The van der Waals surface area contributed by atoms with Crippen LogP contribution < -0.4 is 4.74 Å². The molecule has 1 atom stereocenters. The minimum atomic E-state index is 0.195. The standard InChI is InChI=1S/C16H28N2O2/c1-6-9-18(11-10-17(3)4)13(2)15-8-7-14(20-5)12-16(15)19/h7-8,12-13,19H,6,9-11H2,1-5H3. The van der Waals surface area contributed by atoms with Crippen LogP contribution in [0, 0.1) is 0 Å². The van der Waals surface area contributed by atoms with Gasteiger partial charge in [0, 0.05) is 30.8 Å². The summed E-state index contributed by atoms with van der Waals surface area (Å²) in [7, 11) is 5.78. The van der Waals surface area contributed by atoms with Crippen LogP contribution in [-0.2, 0) is 0 Å². The predicted molar refractivity (Wildman–Crippen MR) is 83.5 cm³/mol. The van der Waals surface area contributed by atoms with E-state index in [1.54, 1.807) is 13.2 Å². The van der Waals surface area contributed by atoms with Crippen LogP contribution in [0.15, 0.2) is 18.2 Å². The molecule has 0 saturated heterocycles. The SMILES string of the molecule is CCCN(CCN(C)C)C(C)c1ccc(OC)cc1O. The van der Waals surface area contributed by atoms with Crippen molar-refractivity contribution in [2.45, 2.75) is 26.3 Å². The van der Waals surface area contributed by atoms with Gasteiger partial charge in [0.15, 0.2) is 0 Å². The molecule has 0 heterocycles. The first-order valence-electron chi connectivity index (χ1n) is 7.25. The zero-order chi connectivity index (χ0) is 15.1. The minimum absolute atomic E-state index is 0.195. The second kappa shape index (κ2) is 8.12. The Morgan fingerprint density at radius 1 is 1.20 bits per heavy atom. The van der Waals surface area contributed by atoms with Gasteiger partial charge in [0.2, 0.25) is 0 Å². The number of methoxy groups -OCH3 is 1. The normalized spacial score (nSPS) is 12.9. The second-order valence-corrected chi connectivity index (χ2v) is 5.44. The molecule has 4 heteroatoms. The molecule has 1 N–H and O–H groups in total. The van der Waals surface area contributed by atoms with E-state index in [9.17, 15) is 5.11 Å².